The molecule has 0 saturated heterocycles. The van der Waals surface area contributed by atoms with Gasteiger partial charge in [0.1, 0.15) is 0 Å². The molecule has 3 aromatic heterocycles. The van der Waals surface area contributed by atoms with Crippen molar-refractivity contribution < 1.29 is 20.1 Å². The van der Waals surface area contributed by atoms with Crippen molar-refractivity contribution in [2.45, 2.75) is 94.8 Å². The van der Waals surface area contributed by atoms with Crippen LogP contribution >= 0.6 is 11.3 Å². The van der Waals surface area contributed by atoms with Gasteiger partial charge < -0.3 is 4.57 Å². The third-order valence-electron chi connectivity index (χ3n) is 12.6. The van der Waals surface area contributed by atoms with Gasteiger partial charge in [0.25, 0.3) is 0 Å². The van der Waals surface area contributed by atoms with Gasteiger partial charge in [-0.2, -0.15) is 11.3 Å². The molecule has 1 radical (unpaired) electrons. The smallest absolute Gasteiger partial charge is 0 e. The van der Waals surface area contributed by atoms with E-state index in [1.54, 1.807) is 9.96 Å². The summed E-state index contributed by atoms with van der Waals surface area (Å²) in [5.41, 5.74) is 13.4. The summed E-state index contributed by atoms with van der Waals surface area (Å²) in [6, 6.07) is 54.5. The average molecular weight is 1080 g/mol. The molecule has 63 heavy (non-hydrogen) atoms. The molecule has 0 amide bonds. The number of benzene rings is 6. The molecule has 6 aromatic carbocycles. The maximum absolute atomic E-state index is 5.30. The number of para-hydroxylation sites is 2. The van der Waals surface area contributed by atoms with Crippen molar-refractivity contribution in [2.24, 2.45) is 0 Å². The van der Waals surface area contributed by atoms with Gasteiger partial charge in [0, 0.05) is 30.5 Å². The van der Waals surface area contributed by atoms with Gasteiger partial charge in [-0.05, 0) is 74.5 Å². The van der Waals surface area contributed by atoms with Crippen LogP contribution in [-0.2, 0) is 20.1 Å². The maximum atomic E-state index is 5.30. The van der Waals surface area contributed by atoms with Crippen molar-refractivity contribution in [1.82, 2.24) is 14.5 Å². The molecule has 0 atom stereocenters. The first-order chi connectivity index (χ1) is 30.1. The Kier molecular flexibility index (Phi) is 13.7. The van der Waals surface area contributed by atoms with E-state index in [1.165, 1.54) is 80.2 Å². The van der Waals surface area contributed by atoms with Gasteiger partial charge in [-0.3, -0.25) is 4.98 Å². The van der Waals surface area contributed by atoms with Gasteiger partial charge in [0.15, 0.2) is 0 Å². The normalized spacial score (nSPS) is 13.4. The first-order valence-corrected chi connectivity index (χ1v) is 30.7. The monoisotopic (exact) mass is 1080 g/mol. The Morgan fingerprint density at radius 3 is 2.06 bits per heavy atom. The molecule has 0 aliphatic heterocycles. The maximum Gasteiger partial charge on any atom is 0 e. The number of hydrogen-bond acceptors (Lipinski definition) is 3. The fraction of sp³-hybridized carbons (Fsp3) is 0.263. The molecule has 0 unspecified atom stereocenters. The van der Waals surface area contributed by atoms with Gasteiger partial charge >= 0.3 is 137 Å². The number of fused-ring (bicyclic) bond motifs is 4. The Morgan fingerprint density at radius 1 is 0.683 bits per heavy atom. The molecular weight excluding hydrogens is 1020 g/mol. The summed E-state index contributed by atoms with van der Waals surface area (Å²) in [7, 11) is 0. The third-order valence-corrected chi connectivity index (χ3v) is 18.1. The van der Waals surface area contributed by atoms with Crippen LogP contribution in [0.3, 0.4) is 0 Å². The van der Waals surface area contributed by atoms with Crippen LogP contribution in [0, 0.1) is 12.1 Å². The van der Waals surface area contributed by atoms with Gasteiger partial charge in [-0.15, -0.1) is 18.2 Å². The topological polar surface area (TPSA) is 30.7 Å². The Morgan fingerprint density at radius 2 is 1.37 bits per heavy atom. The molecule has 6 heteroatoms. The van der Waals surface area contributed by atoms with E-state index < -0.39 is 13.3 Å². The van der Waals surface area contributed by atoms with Crippen LogP contribution in [0.15, 0.2) is 140 Å². The summed E-state index contributed by atoms with van der Waals surface area (Å²) in [5.74, 6) is 9.81. The number of rotatable bonds is 8. The number of imidazole rings is 1. The van der Waals surface area contributed by atoms with Crippen molar-refractivity contribution in [2.75, 3.05) is 0 Å². The van der Waals surface area contributed by atoms with Gasteiger partial charge in [0.05, 0.1) is 16.9 Å². The molecule has 321 valence electrons. The minimum Gasteiger partial charge on any atom is 0 e. The minimum absolute atomic E-state index is 0. The quantitative estimate of drug-likeness (QED) is 0.112. The first-order valence-electron chi connectivity index (χ1n) is 22.6. The summed E-state index contributed by atoms with van der Waals surface area (Å²) in [5, 5.41) is 2.55. The van der Waals surface area contributed by atoms with E-state index in [2.05, 4.69) is 189 Å². The van der Waals surface area contributed by atoms with Crippen LogP contribution in [0.2, 0.25) is 17.3 Å². The molecule has 10 rings (SSSR count). The predicted octanol–water partition coefficient (Wildman–Crippen LogP) is 15.9. The number of pyridine rings is 1. The number of hydrogen-bond donors (Lipinski definition) is 0. The standard InChI is InChI=1S/C37H31N2S.C20H26GeN.Ir/c1-23(2)30-21-26(25-13-6-5-7-14-25)22-31(24(3)4)35(30)39-33-19-10-9-18-32(33)38-37(39)29-17-12-16-28-27-15-8-11-20-34(27)40-36(28)29;1-21(2,3)19-15-22-20(17-12-8-5-9-13-17)14-18(19)16-10-6-4-7-11-16;/h5-16,18-24H,1-4H3;5,8-9,12,14-16H,4,6-7,10-11H2,1-3H3;/q2*-1;. The summed E-state index contributed by atoms with van der Waals surface area (Å²) >= 11 is -0.0538. The Bertz CT molecular complexity index is 2960. The second kappa shape index (κ2) is 19.2. The molecular formula is C57H57GeIrN3S-2. The third kappa shape index (κ3) is 9.18. The van der Waals surface area contributed by atoms with Crippen LogP contribution in [0.25, 0.3) is 70.7 Å². The number of aromatic nitrogens is 3. The zero-order valence-corrected chi connectivity index (χ0v) is 42.9. The zero-order chi connectivity index (χ0) is 43.0. The van der Waals surface area contributed by atoms with Crippen molar-refractivity contribution >= 4 is 60.2 Å². The van der Waals surface area contributed by atoms with E-state index in [9.17, 15) is 0 Å². The second-order valence-corrected chi connectivity index (χ2v) is 30.3. The molecule has 3 heterocycles. The van der Waals surface area contributed by atoms with E-state index in [0.29, 0.717) is 11.8 Å². The van der Waals surface area contributed by atoms with Crippen LogP contribution in [-0.4, -0.2) is 27.8 Å². The SMILES string of the molecule is CC(C)c1cc(-c2ccccc2)cc(C(C)C)c1-n1c(-c2[c-]ccc3c2sc2ccccc23)nc2ccccc21.[CH3][Ge]([CH3])([CH3])[c]1cnc(-c2[c-]cccc2)cc1C1CCCCC1.[Ir]. The molecule has 1 aliphatic carbocycles. The van der Waals surface area contributed by atoms with Gasteiger partial charge in [-0.25, -0.2) is 0 Å². The van der Waals surface area contributed by atoms with E-state index in [1.807, 2.05) is 23.5 Å². The van der Waals surface area contributed by atoms with E-state index in [-0.39, 0.29) is 20.1 Å². The molecule has 1 fully saturated rings. The van der Waals surface area contributed by atoms with Crippen molar-refractivity contribution in [3.63, 3.8) is 0 Å². The van der Waals surface area contributed by atoms with Crippen molar-refractivity contribution in [3.05, 3.63) is 168 Å². The van der Waals surface area contributed by atoms with Gasteiger partial charge in [-0.1, -0.05) is 99.3 Å². The Balaban J connectivity index is 0.000000201. The summed E-state index contributed by atoms with van der Waals surface area (Å²) < 4.78 is 6.55. The molecule has 0 bridgehead atoms. The molecule has 1 aliphatic rings. The number of thiophene rings is 1. The second-order valence-electron chi connectivity index (χ2n) is 18.6. The van der Waals surface area contributed by atoms with E-state index in [4.69, 9.17) is 9.97 Å². The Labute approximate surface area is 394 Å². The largest absolute Gasteiger partial charge is 0 e. The Hall–Kier alpha value is -4.65. The predicted molar refractivity (Wildman–Crippen MR) is 269 cm³/mol. The molecule has 3 nitrogen and oxygen atoms in total. The fourth-order valence-electron chi connectivity index (χ4n) is 9.44. The summed E-state index contributed by atoms with van der Waals surface area (Å²) in [6.07, 6.45) is 9.08. The van der Waals surface area contributed by atoms with Crippen LogP contribution in [0.4, 0.5) is 0 Å². The molecule has 9 aromatic rings. The fourth-order valence-corrected chi connectivity index (χ4v) is 14.0. The van der Waals surface area contributed by atoms with Crippen LogP contribution < -0.4 is 4.40 Å². The minimum atomic E-state index is -1.89. The molecule has 0 N–H and O–H groups in total. The first kappa shape index (κ1) is 44.9. The van der Waals surface area contributed by atoms with Crippen molar-refractivity contribution in [1.29, 1.82) is 0 Å². The average Bonchev–Trinajstić information content (AvgIpc) is 3.88. The number of nitrogens with zero attached hydrogens (tertiary/aromatic N) is 3. The summed E-state index contributed by atoms with van der Waals surface area (Å²) in [6.45, 7) is 9.20. The van der Waals surface area contributed by atoms with E-state index >= 15 is 0 Å². The van der Waals surface area contributed by atoms with Crippen molar-refractivity contribution in [3.8, 4) is 39.5 Å². The zero-order valence-electron chi connectivity index (χ0n) is 37.6. The van der Waals surface area contributed by atoms with Crippen LogP contribution in [0.1, 0.15) is 94.2 Å². The summed E-state index contributed by atoms with van der Waals surface area (Å²) in [4.78, 5) is 10.1. The van der Waals surface area contributed by atoms with Gasteiger partial charge in [0.2, 0.25) is 0 Å². The molecule has 1 saturated carbocycles. The van der Waals surface area contributed by atoms with E-state index in [0.717, 1.165) is 39.6 Å². The van der Waals surface area contributed by atoms with Crippen LogP contribution in [0.5, 0.6) is 0 Å². The molecule has 0 spiro atoms.